The average Bonchev–Trinajstić information content (AvgIpc) is 1.91. The Hall–Kier alpha value is 0.0249. The van der Waals surface area contributed by atoms with Gasteiger partial charge >= 0.3 is 0 Å². The second-order valence-electron chi connectivity index (χ2n) is 2.47. The van der Waals surface area contributed by atoms with Gasteiger partial charge in [-0.05, 0) is 13.0 Å². The maximum absolute atomic E-state index is 3.47. The van der Waals surface area contributed by atoms with E-state index in [1.807, 2.05) is 0 Å². The van der Waals surface area contributed by atoms with E-state index >= 15 is 0 Å². The molecule has 0 rings (SSSR count). The highest BCUT2D eigenvalue weighted by Crippen LogP contribution is 1.92. The van der Waals surface area contributed by atoms with Crippen LogP contribution in [0.15, 0.2) is 0 Å². The molecule has 0 aliphatic rings. The van der Waals surface area contributed by atoms with Crippen molar-refractivity contribution in [2.24, 2.45) is 0 Å². The van der Waals surface area contributed by atoms with Crippen molar-refractivity contribution >= 4 is 6.85 Å². The maximum atomic E-state index is 3.47. The molecule has 0 radical (unpaired) electrons. The highest BCUT2D eigenvalue weighted by molar-refractivity contribution is 6.55. The van der Waals surface area contributed by atoms with E-state index in [0.29, 0.717) is 0 Å². The van der Waals surface area contributed by atoms with Crippen LogP contribution in [0.5, 0.6) is 0 Å². The van der Waals surface area contributed by atoms with Crippen molar-refractivity contribution < 1.29 is 0 Å². The predicted molar refractivity (Wildman–Crippen MR) is 45.0 cm³/mol. The number of hydrogen-bond acceptors (Lipinski definition) is 1. The summed E-state index contributed by atoms with van der Waals surface area (Å²) in [5, 5.41) is 3.47. The van der Waals surface area contributed by atoms with Gasteiger partial charge in [0, 0.05) is 0 Å². The van der Waals surface area contributed by atoms with E-state index in [9.17, 15) is 0 Å². The van der Waals surface area contributed by atoms with E-state index in [2.05, 4.69) is 26.0 Å². The van der Waals surface area contributed by atoms with Gasteiger partial charge in [-0.2, -0.15) is 0 Å². The van der Waals surface area contributed by atoms with Gasteiger partial charge in [0.25, 0.3) is 0 Å². The van der Waals surface area contributed by atoms with Crippen LogP contribution in [0.25, 0.3) is 0 Å². The van der Waals surface area contributed by atoms with Crippen LogP contribution in [-0.4, -0.2) is 13.4 Å². The van der Waals surface area contributed by atoms with E-state index in [1.54, 1.807) is 0 Å². The fourth-order valence-corrected chi connectivity index (χ4v) is 0.926. The molecule has 0 amide bonds. The summed E-state index contributed by atoms with van der Waals surface area (Å²) in [6.07, 6.45) is 3.77. The lowest BCUT2D eigenvalue weighted by molar-refractivity contribution is 0.841. The van der Waals surface area contributed by atoms with Gasteiger partial charge in [0.1, 0.15) is 0 Å². The Labute approximate surface area is 59.3 Å². The Kier molecular flexibility index (Phi) is 6.17. The normalized spacial score (nSPS) is 9.67. The van der Waals surface area contributed by atoms with Crippen LogP contribution >= 0.6 is 0 Å². The van der Waals surface area contributed by atoms with Gasteiger partial charge in [-0.1, -0.05) is 33.4 Å². The molecular formula is C7H18BN. The third-order valence-electron chi connectivity index (χ3n) is 1.67. The molecule has 0 aromatic carbocycles. The zero-order valence-electron chi connectivity index (χ0n) is 6.91. The zero-order valence-corrected chi connectivity index (χ0v) is 6.91. The molecule has 0 heterocycles. The van der Waals surface area contributed by atoms with Crippen molar-refractivity contribution in [3.05, 3.63) is 0 Å². The first-order valence-corrected chi connectivity index (χ1v) is 4.08. The van der Waals surface area contributed by atoms with Gasteiger partial charge in [-0.25, -0.2) is 0 Å². The van der Waals surface area contributed by atoms with Crippen LogP contribution in [0.4, 0.5) is 0 Å². The first-order chi connectivity index (χ1) is 4.35. The standard InChI is InChI=1S/C7H18BN/c1-4-7-9-8(5-2)6-3/h9H,4-7H2,1-3H3. The third-order valence-corrected chi connectivity index (χ3v) is 1.67. The predicted octanol–water partition coefficient (Wildman–Crippen LogP) is 2.02. The Morgan fingerprint density at radius 1 is 1.11 bits per heavy atom. The van der Waals surface area contributed by atoms with Gasteiger partial charge in [0.05, 0.1) is 0 Å². The van der Waals surface area contributed by atoms with Crippen LogP contribution in [0.3, 0.4) is 0 Å². The van der Waals surface area contributed by atoms with Gasteiger partial charge < -0.3 is 5.23 Å². The molecule has 0 spiro atoms. The minimum Gasteiger partial charge on any atom is -0.356 e. The summed E-state index contributed by atoms with van der Waals surface area (Å²) in [5.41, 5.74) is 0. The Bertz CT molecular complexity index is 52.9. The minimum atomic E-state index is 0.755. The topological polar surface area (TPSA) is 12.0 Å². The Morgan fingerprint density at radius 3 is 2.00 bits per heavy atom. The van der Waals surface area contributed by atoms with Crippen LogP contribution < -0.4 is 5.23 Å². The van der Waals surface area contributed by atoms with E-state index in [0.717, 1.165) is 6.85 Å². The summed E-state index contributed by atoms with van der Waals surface area (Å²) in [5.74, 6) is 0. The van der Waals surface area contributed by atoms with E-state index in [1.165, 1.54) is 25.6 Å². The van der Waals surface area contributed by atoms with Crippen LogP contribution in [-0.2, 0) is 0 Å². The molecule has 2 heteroatoms. The molecule has 0 aliphatic heterocycles. The minimum absolute atomic E-state index is 0.755. The fourth-order valence-electron chi connectivity index (χ4n) is 0.926. The molecule has 0 bridgehead atoms. The van der Waals surface area contributed by atoms with Crippen LogP contribution in [0, 0.1) is 0 Å². The molecule has 1 nitrogen and oxygen atoms in total. The van der Waals surface area contributed by atoms with Gasteiger partial charge in [0.15, 0.2) is 0 Å². The molecule has 0 fully saturated rings. The fraction of sp³-hybridized carbons (Fsp3) is 1.00. The molecule has 54 valence electrons. The number of hydrogen-bond donors (Lipinski definition) is 1. The highest BCUT2D eigenvalue weighted by atomic mass is 14.8. The quantitative estimate of drug-likeness (QED) is 0.557. The second-order valence-corrected chi connectivity index (χ2v) is 2.47. The van der Waals surface area contributed by atoms with E-state index in [4.69, 9.17) is 0 Å². The summed E-state index contributed by atoms with van der Waals surface area (Å²) in [7, 11) is 0. The van der Waals surface area contributed by atoms with Crippen LogP contribution in [0.1, 0.15) is 27.2 Å². The number of nitrogens with one attached hydrogen (secondary N) is 1. The molecule has 1 N–H and O–H groups in total. The van der Waals surface area contributed by atoms with Crippen molar-refractivity contribution in [2.75, 3.05) is 6.54 Å². The van der Waals surface area contributed by atoms with Gasteiger partial charge in [0.2, 0.25) is 6.85 Å². The van der Waals surface area contributed by atoms with Crippen molar-refractivity contribution in [1.29, 1.82) is 0 Å². The average molecular weight is 127 g/mol. The molecule has 0 atom stereocenters. The van der Waals surface area contributed by atoms with Gasteiger partial charge in [-0.3, -0.25) is 0 Å². The lowest BCUT2D eigenvalue weighted by Crippen LogP contribution is -2.32. The Morgan fingerprint density at radius 2 is 1.67 bits per heavy atom. The first kappa shape index (κ1) is 9.02. The summed E-state index contributed by atoms with van der Waals surface area (Å²) in [6.45, 7) is 8.60. The summed E-state index contributed by atoms with van der Waals surface area (Å²) in [4.78, 5) is 0. The van der Waals surface area contributed by atoms with Crippen molar-refractivity contribution in [1.82, 2.24) is 5.23 Å². The monoisotopic (exact) mass is 127 g/mol. The molecule has 0 unspecified atom stereocenters. The summed E-state index contributed by atoms with van der Waals surface area (Å²) in [6, 6.07) is 0. The molecule has 0 saturated heterocycles. The SMILES string of the molecule is CCCNB(CC)CC. The summed E-state index contributed by atoms with van der Waals surface area (Å²) < 4.78 is 0. The molecule has 0 saturated carbocycles. The molecular weight excluding hydrogens is 109 g/mol. The lowest BCUT2D eigenvalue weighted by Gasteiger charge is -2.08. The second kappa shape index (κ2) is 6.15. The van der Waals surface area contributed by atoms with Crippen LogP contribution in [0.2, 0.25) is 12.6 Å². The van der Waals surface area contributed by atoms with E-state index < -0.39 is 0 Å². The first-order valence-electron chi connectivity index (χ1n) is 4.08. The molecule has 0 aromatic heterocycles. The zero-order chi connectivity index (χ0) is 7.11. The largest absolute Gasteiger partial charge is 0.356 e. The van der Waals surface area contributed by atoms with Crippen molar-refractivity contribution in [3.8, 4) is 0 Å². The van der Waals surface area contributed by atoms with Gasteiger partial charge in [-0.15, -0.1) is 0 Å². The lowest BCUT2D eigenvalue weighted by atomic mass is 9.57. The third kappa shape index (κ3) is 4.52. The summed E-state index contributed by atoms with van der Waals surface area (Å²) >= 11 is 0. The van der Waals surface area contributed by atoms with Crippen molar-refractivity contribution in [3.63, 3.8) is 0 Å². The number of rotatable bonds is 5. The highest BCUT2D eigenvalue weighted by Gasteiger charge is 2.04. The van der Waals surface area contributed by atoms with E-state index in [-0.39, 0.29) is 0 Å². The molecule has 0 aromatic rings. The van der Waals surface area contributed by atoms with Crippen molar-refractivity contribution in [2.45, 2.75) is 39.8 Å². The molecule has 9 heavy (non-hydrogen) atoms. The maximum Gasteiger partial charge on any atom is 0.219 e. The molecule has 0 aliphatic carbocycles. The smallest absolute Gasteiger partial charge is 0.219 e. The Balaban J connectivity index is 3.09.